The van der Waals surface area contributed by atoms with Crippen LogP contribution in [0, 0.1) is 6.92 Å². The first-order valence-corrected chi connectivity index (χ1v) is 9.97. The molecule has 1 aromatic heterocycles. The van der Waals surface area contributed by atoms with E-state index in [1.165, 1.54) is 9.47 Å². The second kappa shape index (κ2) is 9.90. The molecule has 0 radical (unpaired) electrons. The molecule has 0 bridgehead atoms. The van der Waals surface area contributed by atoms with Gasteiger partial charge in [-0.1, -0.05) is 48.5 Å². The van der Waals surface area contributed by atoms with Crippen molar-refractivity contribution in [2.75, 3.05) is 30.9 Å². The quantitative estimate of drug-likeness (QED) is 0.541. The van der Waals surface area contributed by atoms with E-state index in [2.05, 4.69) is 4.98 Å². The van der Waals surface area contributed by atoms with Crippen LogP contribution in [0.3, 0.4) is 0 Å². The van der Waals surface area contributed by atoms with Crippen LogP contribution < -0.4 is 21.9 Å². The predicted octanol–water partition coefficient (Wildman–Crippen LogP) is 2.16. The maximum absolute atomic E-state index is 13.4. The van der Waals surface area contributed by atoms with Gasteiger partial charge in [0, 0.05) is 25.8 Å². The zero-order chi connectivity index (χ0) is 22.4. The van der Waals surface area contributed by atoms with Crippen molar-refractivity contribution in [1.29, 1.82) is 0 Å². The van der Waals surface area contributed by atoms with Crippen LogP contribution in [-0.4, -0.2) is 35.7 Å². The molecule has 1 heterocycles. The average Bonchev–Trinajstić information content (AvgIpc) is 2.76. The van der Waals surface area contributed by atoms with E-state index in [4.69, 9.17) is 10.5 Å². The highest BCUT2D eigenvalue weighted by Crippen LogP contribution is 2.22. The number of methoxy groups -OCH3 is 1. The van der Waals surface area contributed by atoms with Gasteiger partial charge < -0.3 is 15.4 Å². The monoisotopic (exact) mass is 422 g/mol. The molecule has 3 rings (SSSR count). The minimum atomic E-state index is -0.703. The van der Waals surface area contributed by atoms with E-state index in [0.29, 0.717) is 18.6 Å². The topological polar surface area (TPSA) is 110 Å². The van der Waals surface area contributed by atoms with Crippen molar-refractivity contribution in [2.45, 2.75) is 19.9 Å². The van der Waals surface area contributed by atoms with Crippen molar-refractivity contribution >= 4 is 17.4 Å². The molecule has 2 aromatic carbocycles. The molecule has 1 amide bonds. The van der Waals surface area contributed by atoms with E-state index < -0.39 is 11.2 Å². The van der Waals surface area contributed by atoms with Crippen LogP contribution in [0.5, 0.6) is 0 Å². The lowest BCUT2D eigenvalue weighted by Gasteiger charge is -2.25. The lowest BCUT2D eigenvalue weighted by atomic mass is 10.1. The number of ether oxygens (including phenoxy) is 1. The third kappa shape index (κ3) is 4.92. The first kappa shape index (κ1) is 22.0. The van der Waals surface area contributed by atoms with Gasteiger partial charge in [-0.25, -0.2) is 4.79 Å². The fourth-order valence-corrected chi connectivity index (χ4v) is 3.40. The second-order valence-electron chi connectivity index (χ2n) is 7.18. The number of amides is 1. The normalized spacial score (nSPS) is 10.8. The molecule has 0 saturated heterocycles. The fourth-order valence-electron chi connectivity index (χ4n) is 3.40. The number of carbonyl (C=O) groups is 1. The van der Waals surface area contributed by atoms with Gasteiger partial charge >= 0.3 is 5.69 Å². The van der Waals surface area contributed by atoms with E-state index in [9.17, 15) is 14.4 Å². The molecule has 0 aliphatic heterocycles. The lowest BCUT2D eigenvalue weighted by molar-refractivity contribution is 0.0982. The summed E-state index contributed by atoms with van der Waals surface area (Å²) in [6.45, 7) is 2.60. The highest BCUT2D eigenvalue weighted by molar-refractivity contribution is 6.08. The minimum Gasteiger partial charge on any atom is -0.385 e. The number of H-pyrrole nitrogens is 1. The molecule has 0 unspecified atom stereocenters. The molecule has 0 spiro atoms. The predicted molar refractivity (Wildman–Crippen MR) is 121 cm³/mol. The smallest absolute Gasteiger partial charge is 0.330 e. The Labute approximate surface area is 179 Å². The number of rotatable bonds is 8. The van der Waals surface area contributed by atoms with Crippen LogP contribution >= 0.6 is 0 Å². The SMILES string of the molecule is COCCCN(C(=O)c1ccccc1C)c1c(N)n(Cc2ccccc2)c(=O)[nH]c1=O. The molecule has 162 valence electrons. The summed E-state index contributed by atoms with van der Waals surface area (Å²) in [4.78, 5) is 42.3. The Bertz CT molecular complexity index is 1170. The number of carbonyl (C=O) groups excluding carboxylic acids is 1. The largest absolute Gasteiger partial charge is 0.385 e. The van der Waals surface area contributed by atoms with Gasteiger partial charge in [-0.05, 0) is 30.5 Å². The van der Waals surface area contributed by atoms with Gasteiger partial charge in [-0.2, -0.15) is 0 Å². The molecule has 31 heavy (non-hydrogen) atoms. The van der Waals surface area contributed by atoms with Gasteiger partial charge in [0.15, 0.2) is 5.69 Å². The van der Waals surface area contributed by atoms with Gasteiger partial charge in [-0.15, -0.1) is 0 Å². The highest BCUT2D eigenvalue weighted by atomic mass is 16.5. The summed E-state index contributed by atoms with van der Waals surface area (Å²) in [5.74, 6) is -0.423. The van der Waals surface area contributed by atoms with Crippen LogP contribution in [0.4, 0.5) is 11.5 Å². The lowest BCUT2D eigenvalue weighted by Crippen LogP contribution is -2.42. The van der Waals surface area contributed by atoms with E-state index in [1.54, 1.807) is 19.2 Å². The second-order valence-corrected chi connectivity index (χ2v) is 7.18. The standard InChI is InChI=1S/C23H26N4O4/c1-16-9-6-7-12-18(16)22(29)26(13-8-14-31-2)19-20(24)27(23(30)25-21(19)28)15-17-10-4-3-5-11-17/h3-7,9-12H,8,13-15,24H2,1-2H3,(H,25,28,30). The summed E-state index contributed by atoms with van der Waals surface area (Å²) < 4.78 is 6.37. The van der Waals surface area contributed by atoms with Gasteiger partial charge in [0.1, 0.15) is 5.82 Å². The summed E-state index contributed by atoms with van der Waals surface area (Å²) in [5.41, 5.74) is 7.01. The highest BCUT2D eigenvalue weighted by Gasteiger charge is 2.26. The van der Waals surface area contributed by atoms with Crippen LogP contribution in [0.25, 0.3) is 0 Å². The number of benzene rings is 2. The van der Waals surface area contributed by atoms with Crippen molar-refractivity contribution in [1.82, 2.24) is 9.55 Å². The first-order chi connectivity index (χ1) is 14.9. The number of nitrogen functional groups attached to an aromatic ring is 1. The zero-order valence-corrected chi connectivity index (χ0v) is 17.6. The molecule has 0 saturated carbocycles. The van der Waals surface area contributed by atoms with Gasteiger partial charge in [-0.3, -0.25) is 19.1 Å². The maximum Gasteiger partial charge on any atom is 0.330 e. The molecule has 0 atom stereocenters. The van der Waals surface area contributed by atoms with E-state index in [0.717, 1.165) is 11.1 Å². The number of aromatic amines is 1. The van der Waals surface area contributed by atoms with E-state index in [-0.39, 0.29) is 30.5 Å². The van der Waals surface area contributed by atoms with Crippen LogP contribution in [0.2, 0.25) is 0 Å². The Morgan fingerprint density at radius 3 is 2.45 bits per heavy atom. The molecule has 0 aliphatic carbocycles. The number of aromatic nitrogens is 2. The number of anilines is 2. The minimum absolute atomic E-state index is 0.0418. The van der Waals surface area contributed by atoms with Crippen molar-refractivity contribution in [3.63, 3.8) is 0 Å². The molecular formula is C23H26N4O4. The molecule has 0 aliphatic rings. The molecule has 0 fully saturated rings. The number of hydrogen-bond donors (Lipinski definition) is 2. The number of aryl methyl sites for hydroxylation is 1. The molecule has 8 heteroatoms. The Balaban J connectivity index is 2.10. The summed E-state index contributed by atoms with van der Waals surface area (Å²) in [6.07, 6.45) is 0.491. The average molecular weight is 422 g/mol. The third-order valence-corrected chi connectivity index (χ3v) is 5.02. The summed E-state index contributed by atoms with van der Waals surface area (Å²) in [7, 11) is 1.56. The third-order valence-electron chi connectivity index (χ3n) is 5.02. The Morgan fingerprint density at radius 2 is 1.77 bits per heavy atom. The van der Waals surface area contributed by atoms with Gasteiger partial charge in [0.25, 0.3) is 11.5 Å². The first-order valence-electron chi connectivity index (χ1n) is 9.97. The molecule has 8 nitrogen and oxygen atoms in total. The Kier molecular flexibility index (Phi) is 7.04. The Hall–Kier alpha value is -3.65. The van der Waals surface area contributed by atoms with Crippen molar-refractivity contribution in [3.05, 3.63) is 92.1 Å². The molecular weight excluding hydrogens is 396 g/mol. The summed E-state index contributed by atoms with van der Waals surface area (Å²) >= 11 is 0. The van der Waals surface area contributed by atoms with Crippen molar-refractivity contribution < 1.29 is 9.53 Å². The summed E-state index contributed by atoms with van der Waals surface area (Å²) in [6, 6.07) is 16.4. The maximum atomic E-state index is 13.4. The Morgan fingerprint density at radius 1 is 1.10 bits per heavy atom. The fraction of sp³-hybridized carbons (Fsp3) is 0.261. The number of nitrogens with zero attached hydrogens (tertiary/aromatic N) is 2. The van der Waals surface area contributed by atoms with Crippen LogP contribution in [0.1, 0.15) is 27.9 Å². The summed E-state index contributed by atoms with van der Waals surface area (Å²) in [5, 5.41) is 0. The number of nitrogens with two attached hydrogens (primary N) is 1. The van der Waals surface area contributed by atoms with Crippen molar-refractivity contribution in [2.24, 2.45) is 0 Å². The van der Waals surface area contributed by atoms with Crippen molar-refractivity contribution in [3.8, 4) is 0 Å². The molecule has 3 aromatic rings. The van der Waals surface area contributed by atoms with Crippen LogP contribution in [-0.2, 0) is 11.3 Å². The number of nitrogens with one attached hydrogen (secondary N) is 1. The van der Waals surface area contributed by atoms with E-state index in [1.807, 2.05) is 49.4 Å². The zero-order valence-electron chi connectivity index (χ0n) is 17.6. The van der Waals surface area contributed by atoms with Crippen LogP contribution in [0.15, 0.2) is 64.2 Å². The molecule has 3 N–H and O–H groups in total. The van der Waals surface area contributed by atoms with Gasteiger partial charge in [0.2, 0.25) is 0 Å². The van der Waals surface area contributed by atoms with Gasteiger partial charge in [0.05, 0.1) is 6.54 Å². The van der Waals surface area contributed by atoms with E-state index >= 15 is 0 Å². The number of hydrogen-bond acceptors (Lipinski definition) is 5.